The molecule has 0 aromatic heterocycles. The first kappa shape index (κ1) is 21.0. The second-order valence-corrected chi connectivity index (χ2v) is 5.60. The van der Waals surface area contributed by atoms with Crippen molar-refractivity contribution in [2.24, 2.45) is 10.9 Å². The van der Waals surface area contributed by atoms with Crippen molar-refractivity contribution < 1.29 is 17.9 Å². The van der Waals surface area contributed by atoms with Crippen molar-refractivity contribution in [2.75, 3.05) is 53.5 Å². The van der Waals surface area contributed by atoms with Crippen LogP contribution in [-0.2, 0) is 4.74 Å². The summed E-state index contributed by atoms with van der Waals surface area (Å²) in [5, 5.41) is 6.08. The van der Waals surface area contributed by atoms with Crippen molar-refractivity contribution in [1.82, 2.24) is 15.5 Å². The summed E-state index contributed by atoms with van der Waals surface area (Å²) in [7, 11) is 3.07. The van der Waals surface area contributed by atoms with E-state index in [4.69, 9.17) is 4.74 Å². The van der Waals surface area contributed by atoms with Gasteiger partial charge in [0.05, 0.1) is 6.54 Å². The van der Waals surface area contributed by atoms with Gasteiger partial charge < -0.3 is 15.4 Å². The van der Waals surface area contributed by atoms with Gasteiger partial charge in [-0.25, -0.2) is 0 Å². The molecule has 8 heteroatoms. The van der Waals surface area contributed by atoms with Crippen LogP contribution in [0.2, 0.25) is 0 Å². The molecule has 0 heterocycles. The van der Waals surface area contributed by atoms with Gasteiger partial charge in [0.2, 0.25) is 0 Å². The Bertz CT molecular complexity index is 309. The maximum absolute atomic E-state index is 12.2. The summed E-state index contributed by atoms with van der Waals surface area (Å²) in [5.41, 5.74) is 0. The van der Waals surface area contributed by atoms with Gasteiger partial charge in [-0.1, -0.05) is 13.8 Å². The number of aliphatic imine (C=N–C) groups is 1. The van der Waals surface area contributed by atoms with Gasteiger partial charge in [-0.3, -0.25) is 9.89 Å². The van der Waals surface area contributed by atoms with E-state index >= 15 is 0 Å². The molecule has 0 unspecified atom stereocenters. The number of rotatable bonds is 10. The van der Waals surface area contributed by atoms with E-state index < -0.39 is 12.7 Å². The summed E-state index contributed by atoms with van der Waals surface area (Å²) in [6.45, 7) is 6.10. The van der Waals surface area contributed by atoms with E-state index in [1.165, 1.54) is 11.9 Å². The van der Waals surface area contributed by atoms with Crippen LogP contribution in [0.1, 0.15) is 20.3 Å². The van der Waals surface area contributed by atoms with E-state index in [-0.39, 0.29) is 6.54 Å². The molecule has 0 radical (unpaired) electrons. The monoisotopic (exact) mass is 326 g/mol. The highest BCUT2D eigenvalue weighted by Gasteiger charge is 2.28. The third-order valence-electron chi connectivity index (χ3n) is 2.67. The average Bonchev–Trinajstić information content (AvgIpc) is 2.38. The topological polar surface area (TPSA) is 48.9 Å². The van der Waals surface area contributed by atoms with Crippen LogP contribution in [0.25, 0.3) is 0 Å². The van der Waals surface area contributed by atoms with Gasteiger partial charge in [0.25, 0.3) is 0 Å². The lowest BCUT2D eigenvalue weighted by Gasteiger charge is -2.19. The normalized spacial score (nSPS) is 13.0. The first-order valence-electron chi connectivity index (χ1n) is 7.52. The summed E-state index contributed by atoms with van der Waals surface area (Å²) in [6.07, 6.45) is -3.31. The molecule has 5 nitrogen and oxygen atoms in total. The molecular formula is C14H29F3N4O. The molecule has 0 aliphatic rings. The third-order valence-corrected chi connectivity index (χ3v) is 2.67. The minimum atomic E-state index is -4.16. The fourth-order valence-electron chi connectivity index (χ4n) is 1.67. The van der Waals surface area contributed by atoms with Crippen molar-refractivity contribution in [3.8, 4) is 0 Å². The van der Waals surface area contributed by atoms with Gasteiger partial charge in [0, 0.05) is 39.9 Å². The summed E-state index contributed by atoms with van der Waals surface area (Å²) >= 11 is 0. The molecule has 0 atom stereocenters. The Balaban J connectivity index is 3.68. The van der Waals surface area contributed by atoms with Crippen molar-refractivity contribution in [1.29, 1.82) is 0 Å². The summed E-state index contributed by atoms with van der Waals surface area (Å²) in [6, 6.07) is 0. The Morgan fingerprint density at radius 1 is 1.23 bits per heavy atom. The molecule has 132 valence electrons. The SMILES string of the molecule is CN=C(NCCCOCC(C)C)NCCN(C)CC(F)(F)F. The number of likely N-dealkylation sites (N-methyl/N-ethyl adjacent to an activating group) is 1. The van der Waals surface area contributed by atoms with Crippen LogP contribution in [0.3, 0.4) is 0 Å². The fraction of sp³-hybridized carbons (Fsp3) is 0.929. The lowest BCUT2D eigenvalue weighted by Crippen LogP contribution is -2.42. The molecule has 0 aromatic rings. The zero-order valence-electron chi connectivity index (χ0n) is 14.0. The second kappa shape index (κ2) is 11.5. The zero-order chi connectivity index (χ0) is 17.0. The van der Waals surface area contributed by atoms with E-state index in [1.807, 2.05) is 0 Å². The number of ether oxygens (including phenoxy) is 1. The molecule has 0 aromatic carbocycles. The molecule has 2 N–H and O–H groups in total. The Morgan fingerprint density at radius 3 is 2.41 bits per heavy atom. The average molecular weight is 326 g/mol. The lowest BCUT2D eigenvalue weighted by atomic mass is 10.2. The Morgan fingerprint density at radius 2 is 1.86 bits per heavy atom. The van der Waals surface area contributed by atoms with Gasteiger partial charge in [-0.05, 0) is 19.4 Å². The maximum atomic E-state index is 12.2. The van der Waals surface area contributed by atoms with Crippen LogP contribution in [0.4, 0.5) is 13.2 Å². The number of halogens is 3. The van der Waals surface area contributed by atoms with E-state index in [0.717, 1.165) is 13.0 Å². The molecule has 0 saturated heterocycles. The number of hydrogen-bond donors (Lipinski definition) is 2. The van der Waals surface area contributed by atoms with Crippen LogP contribution < -0.4 is 10.6 Å². The third kappa shape index (κ3) is 13.9. The standard InChI is InChI=1S/C14H29F3N4O/c1-12(2)10-22-9-5-6-19-13(18-3)20-7-8-21(4)11-14(15,16)17/h12H,5-11H2,1-4H3,(H2,18,19,20). The smallest absolute Gasteiger partial charge is 0.381 e. The predicted octanol–water partition coefficient (Wildman–Crippen LogP) is 1.71. The largest absolute Gasteiger partial charge is 0.401 e. The first-order valence-corrected chi connectivity index (χ1v) is 7.52. The molecule has 0 rings (SSSR count). The Labute approximate surface area is 131 Å². The molecule has 0 aliphatic heterocycles. The molecule has 0 spiro atoms. The number of nitrogens with zero attached hydrogens (tertiary/aromatic N) is 2. The van der Waals surface area contributed by atoms with E-state index in [1.54, 1.807) is 7.05 Å². The highest BCUT2D eigenvalue weighted by molar-refractivity contribution is 5.79. The van der Waals surface area contributed by atoms with Crippen LogP contribution >= 0.6 is 0 Å². The molecule has 0 amide bonds. The molecule has 0 aliphatic carbocycles. The van der Waals surface area contributed by atoms with Crippen LogP contribution in [-0.4, -0.2) is 70.5 Å². The van der Waals surface area contributed by atoms with Gasteiger partial charge in [-0.15, -0.1) is 0 Å². The number of hydrogen-bond acceptors (Lipinski definition) is 3. The summed E-state index contributed by atoms with van der Waals surface area (Å²) in [5.74, 6) is 1.11. The molecule has 0 saturated carbocycles. The minimum Gasteiger partial charge on any atom is -0.381 e. The maximum Gasteiger partial charge on any atom is 0.401 e. The number of guanidine groups is 1. The minimum absolute atomic E-state index is 0.289. The van der Waals surface area contributed by atoms with Crippen LogP contribution in [0.5, 0.6) is 0 Å². The summed E-state index contributed by atoms with van der Waals surface area (Å²) < 4.78 is 42.0. The number of nitrogens with one attached hydrogen (secondary N) is 2. The molecule has 0 bridgehead atoms. The quantitative estimate of drug-likeness (QED) is 0.364. The van der Waals surface area contributed by atoms with Crippen molar-refractivity contribution in [3.05, 3.63) is 0 Å². The van der Waals surface area contributed by atoms with E-state index in [2.05, 4.69) is 29.5 Å². The van der Waals surface area contributed by atoms with Crippen molar-refractivity contribution >= 4 is 5.96 Å². The van der Waals surface area contributed by atoms with Gasteiger partial charge in [-0.2, -0.15) is 13.2 Å². The van der Waals surface area contributed by atoms with Crippen molar-refractivity contribution in [2.45, 2.75) is 26.4 Å². The predicted molar refractivity (Wildman–Crippen MR) is 83.2 cm³/mol. The lowest BCUT2D eigenvalue weighted by molar-refractivity contribution is -0.142. The molecule has 0 fully saturated rings. The second-order valence-electron chi connectivity index (χ2n) is 5.60. The zero-order valence-corrected chi connectivity index (χ0v) is 14.0. The first-order chi connectivity index (χ1) is 10.2. The Hall–Kier alpha value is -1.02. The highest BCUT2D eigenvalue weighted by Crippen LogP contribution is 2.14. The molecule has 22 heavy (non-hydrogen) atoms. The highest BCUT2D eigenvalue weighted by atomic mass is 19.4. The Kier molecular flexibility index (Phi) is 11.0. The summed E-state index contributed by atoms with van der Waals surface area (Å²) in [4.78, 5) is 5.24. The van der Waals surface area contributed by atoms with E-state index in [9.17, 15) is 13.2 Å². The number of alkyl halides is 3. The van der Waals surface area contributed by atoms with Gasteiger partial charge in [0.1, 0.15) is 0 Å². The van der Waals surface area contributed by atoms with Gasteiger partial charge in [0.15, 0.2) is 5.96 Å². The fourth-order valence-corrected chi connectivity index (χ4v) is 1.67. The molecular weight excluding hydrogens is 297 g/mol. The van der Waals surface area contributed by atoms with E-state index in [0.29, 0.717) is 31.6 Å². The van der Waals surface area contributed by atoms with Crippen molar-refractivity contribution in [3.63, 3.8) is 0 Å². The van der Waals surface area contributed by atoms with Crippen LogP contribution in [0, 0.1) is 5.92 Å². The van der Waals surface area contributed by atoms with Gasteiger partial charge >= 0.3 is 6.18 Å². The van der Waals surface area contributed by atoms with Crippen LogP contribution in [0.15, 0.2) is 4.99 Å².